The van der Waals surface area contributed by atoms with Crippen LogP contribution < -0.4 is 5.32 Å². The van der Waals surface area contributed by atoms with Gasteiger partial charge in [0.15, 0.2) is 0 Å². The van der Waals surface area contributed by atoms with Crippen molar-refractivity contribution in [1.29, 1.82) is 0 Å². The fourth-order valence-corrected chi connectivity index (χ4v) is 4.31. The summed E-state index contributed by atoms with van der Waals surface area (Å²) < 4.78 is 2.42. The Hall–Kier alpha value is -0.640. The molecule has 1 saturated heterocycles. The summed E-state index contributed by atoms with van der Waals surface area (Å²) in [6, 6.07) is 13.7. The third kappa shape index (κ3) is 3.89. The van der Waals surface area contributed by atoms with Gasteiger partial charge in [-0.25, -0.2) is 0 Å². The number of halogens is 2. The molecule has 0 spiro atoms. The number of hydrogen-bond donors (Lipinski definition) is 1. The number of benzene rings is 2. The van der Waals surface area contributed by atoms with Crippen molar-refractivity contribution in [2.45, 2.75) is 32.6 Å². The number of hydrogen-bond acceptors (Lipinski definition) is 1. The van der Waals surface area contributed by atoms with Crippen LogP contribution in [0.4, 0.5) is 0 Å². The van der Waals surface area contributed by atoms with E-state index in [0.717, 1.165) is 13.1 Å². The Morgan fingerprint density at radius 2 is 1.35 bits per heavy atom. The van der Waals surface area contributed by atoms with Crippen molar-refractivity contribution < 1.29 is 0 Å². The Bertz CT molecular complexity index is 639. The molecule has 1 aliphatic rings. The smallest absolute Gasteiger partial charge is 0.0207 e. The molecule has 1 fully saturated rings. The SMILES string of the molecule is Cc1ccc(C(c2ccc(C)c(Br)c2)C2CCNCC2)cc1Br. The molecular weight excluding hydrogens is 414 g/mol. The highest BCUT2D eigenvalue weighted by Crippen LogP contribution is 2.39. The molecule has 1 heterocycles. The summed E-state index contributed by atoms with van der Waals surface area (Å²) in [6.45, 7) is 6.55. The molecule has 0 unspecified atom stereocenters. The zero-order valence-corrected chi connectivity index (χ0v) is 16.9. The van der Waals surface area contributed by atoms with Gasteiger partial charge in [0.2, 0.25) is 0 Å². The molecule has 122 valence electrons. The minimum atomic E-state index is 0.464. The fourth-order valence-electron chi connectivity index (χ4n) is 3.52. The van der Waals surface area contributed by atoms with E-state index in [1.165, 1.54) is 44.0 Å². The van der Waals surface area contributed by atoms with Crippen LogP contribution in [-0.2, 0) is 0 Å². The molecule has 1 N–H and O–H groups in total. The van der Waals surface area contributed by atoms with Gasteiger partial charge in [0, 0.05) is 14.9 Å². The standard InChI is InChI=1S/C20H23Br2N/c1-13-3-5-16(11-18(13)21)20(15-7-9-23-10-8-15)17-6-4-14(2)19(22)12-17/h3-6,11-12,15,20,23H,7-10H2,1-2H3. The lowest BCUT2D eigenvalue weighted by molar-refractivity contribution is 0.342. The van der Waals surface area contributed by atoms with E-state index in [0.29, 0.717) is 11.8 Å². The second-order valence-electron chi connectivity index (χ2n) is 6.58. The van der Waals surface area contributed by atoms with Crippen LogP contribution in [0.5, 0.6) is 0 Å². The monoisotopic (exact) mass is 435 g/mol. The highest BCUT2D eigenvalue weighted by Gasteiger charge is 2.27. The topological polar surface area (TPSA) is 12.0 Å². The van der Waals surface area contributed by atoms with E-state index in [4.69, 9.17) is 0 Å². The molecule has 2 aromatic carbocycles. The summed E-state index contributed by atoms with van der Waals surface area (Å²) in [5.41, 5.74) is 5.43. The summed E-state index contributed by atoms with van der Waals surface area (Å²) in [6.07, 6.45) is 2.48. The average Bonchev–Trinajstić information content (AvgIpc) is 2.55. The molecule has 0 amide bonds. The zero-order valence-electron chi connectivity index (χ0n) is 13.7. The number of aryl methyl sites for hydroxylation is 2. The summed E-state index contributed by atoms with van der Waals surface area (Å²) in [5, 5.41) is 3.49. The molecule has 1 nitrogen and oxygen atoms in total. The predicted octanol–water partition coefficient (Wildman–Crippen LogP) is 5.96. The van der Waals surface area contributed by atoms with Crippen LogP contribution in [0.3, 0.4) is 0 Å². The second-order valence-corrected chi connectivity index (χ2v) is 8.29. The van der Waals surface area contributed by atoms with Crippen molar-refractivity contribution in [2.75, 3.05) is 13.1 Å². The summed E-state index contributed by atoms with van der Waals surface area (Å²) in [5.74, 6) is 1.16. The number of nitrogens with one attached hydrogen (secondary N) is 1. The molecule has 0 aliphatic carbocycles. The summed E-state index contributed by atoms with van der Waals surface area (Å²) in [7, 11) is 0. The van der Waals surface area contributed by atoms with Crippen molar-refractivity contribution in [3.8, 4) is 0 Å². The van der Waals surface area contributed by atoms with E-state index in [-0.39, 0.29) is 0 Å². The van der Waals surface area contributed by atoms with Crippen LogP contribution >= 0.6 is 31.9 Å². The molecule has 2 aromatic rings. The van der Waals surface area contributed by atoms with Gasteiger partial charge in [-0.1, -0.05) is 56.1 Å². The lowest BCUT2D eigenvalue weighted by atomic mass is 9.76. The second kappa shape index (κ2) is 7.50. The van der Waals surface area contributed by atoms with E-state index in [1.807, 2.05) is 0 Å². The molecule has 0 aromatic heterocycles. The molecule has 0 atom stereocenters. The highest BCUT2D eigenvalue weighted by molar-refractivity contribution is 9.10. The van der Waals surface area contributed by atoms with Crippen LogP contribution in [0.1, 0.15) is 41.0 Å². The van der Waals surface area contributed by atoms with Gasteiger partial charge in [-0.3, -0.25) is 0 Å². The maximum absolute atomic E-state index is 3.72. The maximum atomic E-state index is 3.72. The molecule has 1 aliphatic heterocycles. The minimum absolute atomic E-state index is 0.464. The van der Waals surface area contributed by atoms with E-state index in [2.05, 4.69) is 87.4 Å². The minimum Gasteiger partial charge on any atom is -0.317 e. The Labute approximate surface area is 156 Å². The lowest BCUT2D eigenvalue weighted by Crippen LogP contribution is -2.31. The van der Waals surface area contributed by atoms with Crippen LogP contribution in [-0.4, -0.2) is 13.1 Å². The summed E-state index contributed by atoms with van der Waals surface area (Å²) in [4.78, 5) is 0. The van der Waals surface area contributed by atoms with Crippen LogP contribution in [0.15, 0.2) is 45.3 Å². The maximum Gasteiger partial charge on any atom is 0.0207 e. The predicted molar refractivity (Wildman–Crippen MR) is 105 cm³/mol. The highest BCUT2D eigenvalue weighted by atomic mass is 79.9. The van der Waals surface area contributed by atoms with Crippen molar-refractivity contribution in [2.24, 2.45) is 5.92 Å². The van der Waals surface area contributed by atoms with Gasteiger partial charge in [-0.05, 0) is 80.1 Å². The van der Waals surface area contributed by atoms with Crippen LogP contribution in [0.2, 0.25) is 0 Å². The van der Waals surface area contributed by atoms with E-state index >= 15 is 0 Å². The van der Waals surface area contributed by atoms with Crippen molar-refractivity contribution in [1.82, 2.24) is 5.32 Å². The molecule has 3 rings (SSSR count). The normalized spacial score (nSPS) is 16.0. The van der Waals surface area contributed by atoms with Gasteiger partial charge in [0.05, 0.1) is 0 Å². The molecule has 0 radical (unpaired) electrons. The van der Waals surface area contributed by atoms with E-state index in [9.17, 15) is 0 Å². The van der Waals surface area contributed by atoms with E-state index in [1.54, 1.807) is 0 Å². The molecule has 0 saturated carbocycles. The molecule has 23 heavy (non-hydrogen) atoms. The van der Waals surface area contributed by atoms with Gasteiger partial charge in [-0.15, -0.1) is 0 Å². The Morgan fingerprint density at radius 3 is 1.78 bits per heavy atom. The Morgan fingerprint density at radius 1 is 0.870 bits per heavy atom. The first-order chi connectivity index (χ1) is 11.1. The third-order valence-corrected chi connectivity index (χ3v) is 6.67. The first-order valence-corrected chi connectivity index (χ1v) is 9.87. The van der Waals surface area contributed by atoms with Gasteiger partial charge < -0.3 is 5.32 Å². The third-order valence-electron chi connectivity index (χ3n) is 4.97. The van der Waals surface area contributed by atoms with Gasteiger partial charge in [0.25, 0.3) is 0 Å². The van der Waals surface area contributed by atoms with Crippen LogP contribution in [0, 0.1) is 19.8 Å². The largest absolute Gasteiger partial charge is 0.317 e. The van der Waals surface area contributed by atoms with Crippen LogP contribution in [0.25, 0.3) is 0 Å². The fraction of sp³-hybridized carbons (Fsp3) is 0.400. The first-order valence-electron chi connectivity index (χ1n) is 8.29. The molecule has 0 bridgehead atoms. The van der Waals surface area contributed by atoms with E-state index < -0.39 is 0 Å². The number of rotatable bonds is 3. The number of piperidine rings is 1. The van der Waals surface area contributed by atoms with Crippen molar-refractivity contribution in [3.63, 3.8) is 0 Å². The first kappa shape index (κ1) is 17.2. The quantitative estimate of drug-likeness (QED) is 0.625. The van der Waals surface area contributed by atoms with Crippen molar-refractivity contribution in [3.05, 3.63) is 67.6 Å². The van der Waals surface area contributed by atoms with Gasteiger partial charge >= 0.3 is 0 Å². The Kier molecular flexibility index (Phi) is 5.61. The zero-order chi connectivity index (χ0) is 16.4. The molecular formula is C20H23Br2N. The lowest BCUT2D eigenvalue weighted by Gasteiger charge is -2.32. The molecule has 3 heteroatoms. The summed E-state index contributed by atoms with van der Waals surface area (Å²) >= 11 is 7.43. The van der Waals surface area contributed by atoms with Gasteiger partial charge in [-0.2, -0.15) is 0 Å². The van der Waals surface area contributed by atoms with Crippen molar-refractivity contribution >= 4 is 31.9 Å². The average molecular weight is 437 g/mol. The Balaban J connectivity index is 2.04. The van der Waals surface area contributed by atoms with Gasteiger partial charge in [0.1, 0.15) is 0 Å².